The van der Waals surface area contributed by atoms with E-state index < -0.39 is 5.82 Å². The summed E-state index contributed by atoms with van der Waals surface area (Å²) in [7, 11) is 1.99. The summed E-state index contributed by atoms with van der Waals surface area (Å²) in [5.41, 5.74) is 1.54. The van der Waals surface area contributed by atoms with Crippen LogP contribution in [0.4, 0.5) is 10.3 Å². The maximum Gasteiger partial charge on any atom is 0.245 e. The molecule has 1 aromatic carbocycles. The standard InChI is InChI=1S/C23H28FN7O/c1-22(2)9-16(10-23(3,4)30-22)31(5)21-27-13-18(28-29-21)17-7-6-14(8-19(17)32)20-25-11-15(24)12-26-20/h6-8,11-13,16,30,32H,9-10H2,1-5H3. The summed E-state index contributed by atoms with van der Waals surface area (Å²) in [6.07, 6.45) is 5.71. The number of phenols is 1. The highest BCUT2D eigenvalue weighted by molar-refractivity contribution is 5.71. The SMILES string of the molecule is CN(c1ncc(-c2ccc(-c3ncc(F)cn3)cc2O)nn1)C1CC(C)(C)NC(C)(C)C1. The molecule has 3 heterocycles. The first-order chi connectivity index (χ1) is 15.0. The van der Waals surface area contributed by atoms with Crippen LogP contribution in [0.25, 0.3) is 22.6 Å². The summed E-state index contributed by atoms with van der Waals surface area (Å²) in [6, 6.07) is 5.23. The number of piperidine rings is 1. The second-order valence-electron chi connectivity index (χ2n) is 9.67. The third-order valence-corrected chi connectivity index (χ3v) is 5.73. The number of benzene rings is 1. The summed E-state index contributed by atoms with van der Waals surface area (Å²) in [4.78, 5) is 14.5. The van der Waals surface area contributed by atoms with Gasteiger partial charge < -0.3 is 15.3 Å². The van der Waals surface area contributed by atoms with Gasteiger partial charge in [0.2, 0.25) is 5.95 Å². The molecule has 0 amide bonds. The minimum absolute atomic E-state index is 0.00511. The highest BCUT2D eigenvalue weighted by Crippen LogP contribution is 2.33. The Morgan fingerprint density at radius 3 is 2.22 bits per heavy atom. The van der Waals surface area contributed by atoms with Crippen molar-refractivity contribution in [3.05, 3.63) is 42.6 Å². The van der Waals surface area contributed by atoms with Gasteiger partial charge in [0.1, 0.15) is 11.4 Å². The van der Waals surface area contributed by atoms with Crippen LogP contribution in [-0.4, -0.2) is 54.4 Å². The Morgan fingerprint density at radius 1 is 1.00 bits per heavy atom. The number of aromatic hydroxyl groups is 1. The second kappa shape index (κ2) is 8.05. The van der Waals surface area contributed by atoms with E-state index in [4.69, 9.17) is 0 Å². The number of anilines is 1. The molecule has 1 fully saturated rings. The lowest BCUT2D eigenvalue weighted by Crippen LogP contribution is -2.62. The van der Waals surface area contributed by atoms with Crippen LogP contribution in [0.1, 0.15) is 40.5 Å². The number of nitrogens with zero attached hydrogens (tertiary/aromatic N) is 6. The van der Waals surface area contributed by atoms with Gasteiger partial charge in [-0.15, -0.1) is 10.2 Å². The van der Waals surface area contributed by atoms with Crippen molar-refractivity contribution in [1.29, 1.82) is 0 Å². The number of nitrogens with one attached hydrogen (secondary N) is 1. The largest absolute Gasteiger partial charge is 0.507 e. The molecule has 1 aliphatic heterocycles. The molecule has 0 saturated carbocycles. The molecule has 0 aliphatic carbocycles. The van der Waals surface area contributed by atoms with E-state index in [9.17, 15) is 9.50 Å². The number of halogens is 1. The van der Waals surface area contributed by atoms with Gasteiger partial charge in [-0.05, 0) is 52.7 Å². The lowest BCUT2D eigenvalue weighted by molar-refractivity contribution is 0.160. The Hall–Kier alpha value is -3.20. The minimum atomic E-state index is -0.516. The molecule has 0 radical (unpaired) electrons. The van der Waals surface area contributed by atoms with Gasteiger partial charge >= 0.3 is 0 Å². The van der Waals surface area contributed by atoms with Gasteiger partial charge in [0.15, 0.2) is 11.6 Å². The fourth-order valence-electron chi connectivity index (χ4n) is 4.61. The van der Waals surface area contributed by atoms with Crippen molar-refractivity contribution in [2.45, 2.75) is 57.7 Å². The van der Waals surface area contributed by atoms with Crippen molar-refractivity contribution >= 4 is 5.95 Å². The highest BCUT2D eigenvalue weighted by atomic mass is 19.1. The summed E-state index contributed by atoms with van der Waals surface area (Å²) in [5.74, 6) is 0.345. The third-order valence-electron chi connectivity index (χ3n) is 5.73. The average molecular weight is 438 g/mol. The average Bonchev–Trinajstić information content (AvgIpc) is 2.72. The van der Waals surface area contributed by atoms with Crippen LogP contribution in [0.5, 0.6) is 5.75 Å². The zero-order valence-electron chi connectivity index (χ0n) is 19.0. The maximum atomic E-state index is 13.0. The van der Waals surface area contributed by atoms with Gasteiger partial charge in [0.25, 0.3) is 0 Å². The molecule has 0 bridgehead atoms. The normalized spacial score (nSPS) is 17.8. The molecule has 1 saturated heterocycles. The molecule has 2 aromatic heterocycles. The Balaban J connectivity index is 1.54. The van der Waals surface area contributed by atoms with Gasteiger partial charge in [-0.2, -0.15) is 0 Å². The first kappa shape index (κ1) is 22.0. The van der Waals surface area contributed by atoms with E-state index in [1.54, 1.807) is 18.3 Å². The van der Waals surface area contributed by atoms with E-state index >= 15 is 0 Å². The topological polar surface area (TPSA) is 100.0 Å². The predicted molar refractivity (Wildman–Crippen MR) is 121 cm³/mol. The zero-order valence-corrected chi connectivity index (χ0v) is 19.0. The van der Waals surface area contributed by atoms with Crippen molar-refractivity contribution in [1.82, 2.24) is 30.5 Å². The van der Waals surface area contributed by atoms with E-state index in [1.165, 1.54) is 6.07 Å². The van der Waals surface area contributed by atoms with Crippen LogP contribution >= 0.6 is 0 Å². The van der Waals surface area contributed by atoms with Gasteiger partial charge in [-0.3, -0.25) is 0 Å². The third kappa shape index (κ3) is 4.67. The Bertz CT molecular complexity index is 1080. The maximum absolute atomic E-state index is 13.0. The van der Waals surface area contributed by atoms with Crippen LogP contribution in [0.2, 0.25) is 0 Å². The van der Waals surface area contributed by atoms with Crippen molar-refractivity contribution in [2.24, 2.45) is 0 Å². The number of hydrogen-bond acceptors (Lipinski definition) is 8. The number of hydrogen-bond donors (Lipinski definition) is 2. The van der Waals surface area contributed by atoms with Crippen LogP contribution in [0.15, 0.2) is 36.8 Å². The molecule has 0 atom stereocenters. The first-order valence-electron chi connectivity index (χ1n) is 10.6. The van der Waals surface area contributed by atoms with Crippen molar-refractivity contribution in [3.8, 4) is 28.4 Å². The molecular weight excluding hydrogens is 409 g/mol. The van der Waals surface area contributed by atoms with Gasteiger partial charge in [-0.1, -0.05) is 6.07 Å². The molecule has 2 N–H and O–H groups in total. The Labute approximate surface area is 187 Å². The van der Waals surface area contributed by atoms with Crippen molar-refractivity contribution < 1.29 is 9.50 Å². The number of phenolic OH excluding ortho intramolecular Hbond substituents is 1. The Morgan fingerprint density at radius 2 is 1.66 bits per heavy atom. The van der Waals surface area contributed by atoms with Gasteiger partial charge in [0, 0.05) is 35.3 Å². The fraction of sp³-hybridized carbons (Fsp3) is 0.435. The lowest BCUT2D eigenvalue weighted by atomic mass is 9.79. The molecule has 0 unspecified atom stereocenters. The number of rotatable bonds is 4. The molecule has 168 valence electrons. The smallest absolute Gasteiger partial charge is 0.245 e. The van der Waals surface area contributed by atoms with Crippen molar-refractivity contribution in [2.75, 3.05) is 11.9 Å². The summed E-state index contributed by atoms with van der Waals surface area (Å²) in [6.45, 7) is 8.83. The molecule has 0 spiro atoms. The fourth-order valence-corrected chi connectivity index (χ4v) is 4.61. The van der Waals surface area contributed by atoms with E-state index in [0.717, 1.165) is 25.2 Å². The quantitative estimate of drug-likeness (QED) is 0.639. The minimum Gasteiger partial charge on any atom is -0.507 e. The van der Waals surface area contributed by atoms with Crippen LogP contribution in [0, 0.1) is 5.82 Å². The highest BCUT2D eigenvalue weighted by Gasteiger charge is 2.39. The summed E-state index contributed by atoms with van der Waals surface area (Å²) < 4.78 is 13.0. The predicted octanol–water partition coefficient (Wildman–Crippen LogP) is 3.59. The molecular formula is C23H28FN7O. The van der Waals surface area contributed by atoms with Crippen LogP contribution in [0.3, 0.4) is 0 Å². The van der Waals surface area contributed by atoms with Gasteiger partial charge in [-0.25, -0.2) is 19.3 Å². The molecule has 1 aliphatic rings. The molecule has 8 nitrogen and oxygen atoms in total. The van der Waals surface area contributed by atoms with Crippen molar-refractivity contribution in [3.63, 3.8) is 0 Å². The van der Waals surface area contributed by atoms with E-state index in [1.807, 2.05) is 7.05 Å². The van der Waals surface area contributed by atoms with E-state index in [0.29, 0.717) is 28.6 Å². The Kier molecular flexibility index (Phi) is 5.54. The van der Waals surface area contributed by atoms with E-state index in [-0.39, 0.29) is 22.9 Å². The van der Waals surface area contributed by atoms with Crippen LogP contribution < -0.4 is 10.2 Å². The molecule has 32 heavy (non-hydrogen) atoms. The monoisotopic (exact) mass is 437 g/mol. The zero-order chi connectivity index (χ0) is 23.1. The second-order valence-corrected chi connectivity index (χ2v) is 9.67. The number of aromatic nitrogens is 5. The summed E-state index contributed by atoms with van der Waals surface area (Å²) in [5, 5.41) is 22.8. The molecule has 3 aromatic rings. The van der Waals surface area contributed by atoms with Crippen LogP contribution in [-0.2, 0) is 0 Å². The van der Waals surface area contributed by atoms with E-state index in [2.05, 4.69) is 63.1 Å². The lowest BCUT2D eigenvalue weighted by Gasteiger charge is -2.48. The molecule has 4 rings (SSSR count). The summed E-state index contributed by atoms with van der Waals surface area (Å²) >= 11 is 0. The first-order valence-corrected chi connectivity index (χ1v) is 10.6. The molecule has 9 heteroatoms. The van der Waals surface area contributed by atoms with Gasteiger partial charge in [0.05, 0.1) is 18.6 Å².